The van der Waals surface area contributed by atoms with Crippen molar-refractivity contribution in [1.29, 1.82) is 0 Å². The van der Waals surface area contributed by atoms with Gasteiger partial charge in [-0.1, -0.05) is 0 Å². The van der Waals surface area contributed by atoms with Gasteiger partial charge in [0.25, 0.3) is 0 Å². The van der Waals surface area contributed by atoms with Crippen LogP contribution in [0.3, 0.4) is 0 Å². The Balaban J connectivity index is 1.85. The van der Waals surface area contributed by atoms with E-state index in [-0.39, 0.29) is 13.2 Å². The second-order valence-corrected chi connectivity index (χ2v) is 3.55. The van der Waals surface area contributed by atoms with E-state index >= 15 is 0 Å². The maximum Gasteiger partial charge on any atom is 0.522 e. The van der Waals surface area contributed by atoms with E-state index < -0.39 is 6.36 Å². The van der Waals surface area contributed by atoms with Crippen molar-refractivity contribution in [3.63, 3.8) is 0 Å². The van der Waals surface area contributed by atoms with E-state index in [4.69, 9.17) is 0 Å². The molecular weight excluding hydrogens is 235 g/mol. The molecule has 1 rings (SSSR count). The van der Waals surface area contributed by atoms with Crippen LogP contribution in [0.5, 0.6) is 0 Å². The van der Waals surface area contributed by atoms with Gasteiger partial charge in [-0.25, -0.2) is 4.98 Å². The zero-order chi connectivity index (χ0) is 12.6. The molecule has 1 heterocycles. The lowest BCUT2D eigenvalue weighted by Gasteiger charge is -2.08. The Morgan fingerprint density at radius 1 is 1.24 bits per heavy atom. The maximum absolute atomic E-state index is 11.6. The largest absolute Gasteiger partial charge is 0.522 e. The molecule has 0 aliphatic heterocycles. The number of aromatic nitrogens is 2. The molecule has 0 bridgehead atoms. The van der Waals surface area contributed by atoms with Gasteiger partial charge in [-0.05, 0) is 19.4 Å². The van der Waals surface area contributed by atoms with Crippen molar-refractivity contribution >= 4 is 0 Å². The van der Waals surface area contributed by atoms with Gasteiger partial charge < -0.3 is 9.88 Å². The zero-order valence-corrected chi connectivity index (χ0v) is 9.41. The monoisotopic (exact) mass is 251 g/mol. The summed E-state index contributed by atoms with van der Waals surface area (Å²) in [5.41, 5.74) is 0. The van der Waals surface area contributed by atoms with Gasteiger partial charge in [-0.3, -0.25) is 4.74 Å². The highest BCUT2D eigenvalue weighted by molar-refractivity contribution is 4.73. The van der Waals surface area contributed by atoms with E-state index in [1.54, 1.807) is 12.5 Å². The topological polar surface area (TPSA) is 39.1 Å². The van der Waals surface area contributed by atoms with Crippen LogP contribution < -0.4 is 5.32 Å². The smallest absolute Gasteiger partial charge is 0.337 e. The minimum Gasteiger partial charge on any atom is -0.337 e. The Kier molecular flexibility index (Phi) is 5.99. The summed E-state index contributed by atoms with van der Waals surface area (Å²) in [6.45, 7) is 1.44. The molecule has 0 saturated heterocycles. The van der Waals surface area contributed by atoms with E-state index in [1.165, 1.54) is 0 Å². The van der Waals surface area contributed by atoms with Gasteiger partial charge in [-0.15, -0.1) is 13.2 Å². The van der Waals surface area contributed by atoms with Crippen molar-refractivity contribution in [3.05, 3.63) is 18.7 Å². The zero-order valence-electron chi connectivity index (χ0n) is 9.41. The molecule has 0 unspecified atom stereocenters. The molecule has 1 N–H and O–H groups in total. The Hall–Kier alpha value is -1.08. The minimum atomic E-state index is -4.52. The maximum atomic E-state index is 11.6. The quantitative estimate of drug-likeness (QED) is 0.716. The third-order valence-corrected chi connectivity index (χ3v) is 2.12. The second kappa shape index (κ2) is 7.29. The van der Waals surface area contributed by atoms with Crippen molar-refractivity contribution in [2.75, 3.05) is 19.7 Å². The molecule has 4 nitrogen and oxygen atoms in total. The first-order valence-electron chi connectivity index (χ1n) is 5.45. The molecule has 0 spiro atoms. The molecule has 0 amide bonds. The van der Waals surface area contributed by atoms with Crippen molar-refractivity contribution in [2.24, 2.45) is 0 Å². The van der Waals surface area contributed by atoms with Gasteiger partial charge in [0.05, 0.1) is 12.9 Å². The van der Waals surface area contributed by atoms with Crippen molar-refractivity contribution in [2.45, 2.75) is 25.7 Å². The van der Waals surface area contributed by atoms with Crippen LogP contribution in [0.15, 0.2) is 18.7 Å². The van der Waals surface area contributed by atoms with Crippen LogP contribution in [0.2, 0.25) is 0 Å². The molecule has 0 aromatic carbocycles. The predicted octanol–water partition coefficient (Wildman–Crippen LogP) is 1.79. The van der Waals surface area contributed by atoms with Gasteiger partial charge in [0, 0.05) is 25.5 Å². The van der Waals surface area contributed by atoms with Crippen LogP contribution in [-0.4, -0.2) is 35.6 Å². The molecule has 0 aliphatic carbocycles. The number of nitrogens with zero attached hydrogens (tertiary/aromatic N) is 2. The first kappa shape index (κ1) is 14.0. The molecular formula is C10H16F3N3O. The highest BCUT2D eigenvalue weighted by Crippen LogP contribution is 2.14. The van der Waals surface area contributed by atoms with E-state index in [0.29, 0.717) is 6.54 Å². The van der Waals surface area contributed by atoms with E-state index in [0.717, 1.165) is 19.4 Å². The number of nitrogens with one attached hydrogen (secondary N) is 1. The second-order valence-electron chi connectivity index (χ2n) is 3.55. The highest BCUT2D eigenvalue weighted by atomic mass is 19.4. The van der Waals surface area contributed by atoms with Gasteiger partial charge in [-0.2, -0.15) is 0 Å². The number of halogens is 3. The highest BCUT2D eigenvalue weighted by Gasteiger charge is 2.28. The number of alkyl halides is 3. The lowest BCUT2D eigenvalue weighted by atomic mass is 10.3. The molecule has 0 atom stereocenters. The molecule has 7 heteroatoms. The summed E-state index contributed by atoms with van der Waals surface area (Å²) in [6.07, 6.45) is 2.68. The summed E-state index contributed by atoms with van der Waals surface area (Å²) in [5.74, 6) is 0. The molecule has 17 heavy (non-hydrogen) atoms. The van der Waals surface area contributed by atoms with Crippen LogP contribution in [0.1, 0.15) is 12.8 Å². The Labute approximate surface area is 97.8 Å². The summed E-state index contributed by atoms with van der Waals surface area (Å²) >= 11 is 0. The van der Waals surface area contributed by atoms with E-state index in [2.05, 4.69) is 15.0 Å². The fourth-order valence-electron chi connectivity index (χ4n) is 1.33. The van der Waals surface area contributed by atoms with Crippen LogP contribution in [-0.2, 0) is 11.3 Å². The summed E-state index contributed by atoms with van der Waals surface area (Å²) in [5, 5.41) is 2.89. The van der Waals surface area contributed by atoms with Crippen LogP contribution in [0.4, 0.5) is 13.2 Å². The number of ether oxygens (including phenoxy) is 1. The van der Waals surface area contributed by atoms with Crippen LogP contribution >= 0.6 is 0 Å². The molecule has 0 radical (unpaired) electrons. The number of aryl methyl sites for hydroxylation is 1. The van der Waals surface area contributed by atoms with E-state index in [1.807, 2.05) is 10.8 Å². The summed E-state index contributed by atoms with van der Waals surface area (Å²) in [7, 11) is 0. The molecule has 0 aliphatic rings. The number of rotatable bonds is 8. The molecule has 0 fully saturated rings. The lowest BCUT2D eigenvalue weighted by Crippen LogP contribution is -2.25. The summed E-state index contributed by atoms with van der Waals surface area (Å²) in [4.78, 5) is 3.91. The van der Waals surface area contributed by atoms with E-state index in [9.17, 15) is 13.2 Å². The molecule has 0 saturated carbocycles. The van der Waals surface area contributed by atoms with Crippen molar-refractivity contribution < 1.29 is 17.9 Å². The fourth-order valence-corrected chi connectivity index (χ4v) is 1.33. The summed E-state index contributed by atoms with van der Waals surface area (Å²) in [6, 6.07) is 0. The average Bonchev–Trinajstić information content (AvgIpc) is 2.73. The van der Waals surface area contributed by atoms with Gasteiger partial charge in [0.1, 0.15) is 0 Å². The third-order valence-electron chi connectivity index (χ3n) is 2.12. The number of hydrogen-bond donors (Lipinski definition) is 1. The minimum absolute atomic E-state index is 0.213. The van der Waals surface area contributed by atoms with Crippen LogP contribution in [0.25, 0.3) is 0 Å². The standard InChI is InChI=1S/C10H16F3N3O/c11-10(12,13)17-8-5-14-3-1-2-6-16-7-4-15-9-16/h4,7,9,14H,1-3,5-6,8H2. The summed E-state index contributed by atoms with van der Waals surface area (Å²) < 4.78 is 40.3. The van der Waals surface area contributed by atoms with Gasteiger partial charge in [0.2, 0.25) is 0 Å². The van der Waals surface area contributed by atoms with Crippen molar-refractivity contribution in [1.82, 2.24) is 14.9 Å². The van der Waals surface area contributed by atoms with Crippen LogP contribution in [0, 0.1) is 0 Å². The average molecular weight is 251 g/mol. The Morgan fingerprint density at radius 2 is 2.06 bits per heavy atom. The SMILES string of the molecule is FC(F)(F)OCCNCCCCn1ccnc1. The molecule has 1 aromatic rings. The first-order chi connectivity index (χ1) is 8.08. The fraction of sp³-hybridized carbons (Fsp3) is 0.700. The first-order valence-corrected chi connectivity index (χ1v) is 5.45. The lowest BCUT2D eigenvalue weighted by molar-refractivity contribution is -0.323. The molecule has 98 valence electrons. The van der Waals surface area contributed by atoms with Gasteiger partial charge >= 0.3 is 6.36 Å². The normalized spacial score (nSPS) is 11.9. The molecule has 1 aromatic heterocycles. The Bertz CT molecular complexity index is 287. The van der Waals surface area contributed by atoms with Gasteiger partial charge in [0.15, 0.2) is 0 Å². The number of hydrogen-bond acceptors (Lipinski definition) is 3. The number of unbranched alkanes of at least 4 members (excludes halogenated alkanes) is 1. The number of imidazole rings is 1. The predicted molar refractivity (Wildman–Crippen MR) is 56.3 cm³/mol. The third kappa shape index (κ3) is 7.76. The Morgan fingerprint density at radius 3 is 2.71 bits per heavy atom. The van der Waals surface area contributed by atoms with Crippen molar-refractivity contribution in [3.8, 4) is 0 Å².